The number of carbonyl (C=O) groups is 2. The molecule has 0 unspecified atom stereocenters. The number of nitrogens with zero attached hydrogens (tertiary/aromatic N) is 1. The molecule has 0 aliphatic carbocycles. The van der Waals surface area contributed by atoms with E-state index < -0.39 is 24.3 Å². The molecule has 10 heteroatoms. The third-order valence-electron chi connectivity index (χ3n) is 4.57. The molecule has 34 heavy (non-hydrogen) atoms. The molecule has 0 saturated heterocycles. The molecule has 0 atom stereocenters. The van der Waals surface area contributed by atoms with Gasteiger partial charge in [0.05, 0.1) is 12.2 Å². The molecule has 0 spiro atoms. The molecule has 2 amide bonds. The van der Waals surface area contributed by atoms with Crippen LogP contribution < -0.4 is 15.4 Å². The van der Waals surface area contributed by atoms with Crippen molar-refractivity contribution in [2.75, 3.05) is 12.4 Å². The maximum Gasteiger partial charge on any atom is 0.416 e. The molecule has 1 aromatic heterocycles. The zero-order chi connectivity index (χ0) is 24.7. The number of nitrogens with one attached hydrogen (secondary N) is 2. The molecule has 3 N–H and O–H groups in total. The first-order chi connectivity index (χ1) is 16.2. The second-order valence-corrected chi connectivity index (χ2v) is 6.98. The van der Waals surface area contributed by atoms with Gasteiger partial charge in [-0.3, -0.25) is 14.6 Å². The van der Waals surface area contributed by atoms with Gasteiger partial charge in [-0.1, -0.05) is 18.2 Å². The molecule has 3 rings (SSSR count). The van der Waals surface area contributed by atoms with Crippen molar-refractivity contribution in [2.24, 2.45) is 0 Å². The van der Waals surface area contributed by atoms with E-state index >= 15 is 0 Å². The van der Waals surface area contributed by atoms with E-state index in [1.165, 1.54) is 37.5 Å². The first kappa shape index (κ1) is 24.5. The number of anilines is 1. The van der Waals surface area contributed by atoms with Crippen molar-refractivity contribution < 1.29 is 32.6 Å². The Labute approximate surface area is 192 Å². The Balaban J connectivity index is 1.69. The first-order valence-electron chi connectivity index (χ1n) is 9.95. The van der Waals surface area contributed by atoms with E-state index in [0.717, 1.165) is 12.1 Å². The molecule has 0 aliphatic rings. The summed E-state index contributed by atoms with van der Waals surface area (Å²) in [7, 11) is 1.49. The van der Waals surface area contributed by atoms with Crippen molar-refractivity contribution in [2.45, 2.75) is 12.8 Å². The Morgan fingerprint density at radius 2 is 1.85 bits per heavy atom. The van der Waals surface area contributed by atoms with E-state index in [0.29, 0.717) is 17.1 Å². The Morgan fingerprint density at radius 1 is 1.09 bits per heavy atom. The van der Waals surface area contributed by atoms with Crippen molar-refractivity contribution >= 4 is 23.6 Å². The molecule has 176 valence electrons. The Bertz CT molecular complexity index is 1230. The van der Waals surface area contributed by atoms with Crippen molar-refractivity contribution in [3.8, 4) is 11.5 Å². The van der Waals surface area contributed by atoms with E-state index in [1.807, 2.05) is 0 Å². The van der Waals surface area contributed by atoms with Crippen LogP contribution in [0.5, 0.6) is 11.5 Å². The number of pyridine rings is 1. The van der Waals surface area contributed by atoms with E-state index in [9.17, 15) is 22.8 Å². The molecule has 0 saturated carbocycles. The predicted octanol–water partition coefficient (Wildman–Crippen LogP) is 4.40. The lowest BCUT2D eigenvalue weighted by atomic mass is 10.1. The standard InChI is InChI=1S/C24H20F3N3O4/c1-28-23(33)21-13-19(9-10-29-21)34-18-4-2-3-15(11-18)5-8-22(32)30-17-7-6-16(14-31)20(12-17)24(25,26)27/h2-13,31H,14H2,1H3,(H,28,33)(H,30,32)/b8-5+. The van der Waals surface area contributed by atoms with Gasteiger partial charge in [0.2, 0.25) is 5.91 Å². The minimum Gasteiger partial charge on any atom is -0.457 e. The smallest absolute Gasteiger partial charge is 0.416 e. The summed E-state index contributed by atoms with van der Waals surface area (Å²) in [4.78, 5) is 27.9. The highest BCUT2D eigenvalue weighted by Crippen LogP contribution is 2.34. The second-order valence-electron chi connectivity index (χ2n) is 6.98. The van der Waals surface area contributed by atoms with Crippen LogP contribution in [0.4, 0.5) is 18.9 Å². The molecule has 0 radical (unpaired) electrons. The Kier molecular flexibility index (Phi) is 7.64. The number of amides is 2. The van der Waals surface area contributed by atoms with Gasteiger partial charge in [-0.25, -0.2) is 0 Å². The van der Waals surface area contributed by atoms with Gasteiger partial charge in [-0.05, 0) is 47.5 Å². The normalized spacial score (nSPS) is 11.3. The number of aliphatic hydroxyl groups is 1. The molecule has 2 aromatic carbocycles. The molecule has 1 heterocycles. The highest BCUT2D eigenvalue weighted by Gasteiger charge is 2.33. The van der Waals surface area contributed by atoms with Crippen LogP contribution in [0.2, 0.25) is 0 Å². The molecule has 7 nitrogen and oxygen atoms in total. The van der Waals surface area contributed by atoms with Gasteiger partial charge in [-0.15, -0.1) is 0 Å². The largest absolute Gasteiger partial charge is 0.457 e. The fraction of sp³-hybridized carbons (Fsp3) is 0.125. The highest BCUT2D eigenvalue weighted by molar-refractivity contribution is 6.02. The molecule has 0 bridgehead atoms. The van der Waals surface area contributed by atoms with Gasteiger partial charge in [0.1, 0.15) is 17.2 Å². The zero-order valence-electron chi connectivity index (χ0n) is 17.9. The summed E-state index contributed by atoms with van der Waals surface area (Å²) in [5.74, 6) is -0.174. The van der Waals surface area contributed by atoms with Crippen LogP contribution in [0.3, 0.4) is 0 Å². The van der Waals surface area contributed by atoms with Crippen molar-refractivity contribution in [3.63, 3.8) is 0 Å². The predicted molar refractivity (Wildman–Crippen MR) is 119 cm³/mol. The summed E-state index contributed by atoms with van der Waals surface area (Å²) in [6.07, 6.45) is -0.587. The van der Waals surface area contributed by atoms with Crippen LogP contribution in [-0.4, -0.2) is 29.0 Å². The minimum atomic E-state index is -4.66. The summed E-state index contributed by atoms with van der Waals surface area (Å²) in [5.41, 5.74) is -0.569. The minimum absolute atomic E-state index is 0.0548. The van der Waals surface area contributed by atoms with Crippen LogP contribution in [-0.2, 0) is 17.6 Å². The van der Waals surface area contributed by atoms with Gasteiger partial charge >= 0.3 is 6.18 Å². The number of rotatable bonds is 7. The van der Waals surface area contributed by atoms with Crippen LogP contribution in [0.1, 0.15) is 27.2 Å². The quantitative estimate of drug-likeness (QED) is 0.444. The summed E-state index contributed by atoms with van der Waals surface area (Å²) in [6.45, 7) is -0.770. The number of hydrogen-bond donors (Lipinski definition) is 3. The number of carbonyl (C=O) groups excluding carboxylic acids is 2. The highest BCUT2D eigenvalue weighted by atomic mass is 19.4. The van der Waals surface area contributed by atoms with Crippen LogP contribution in [0, 0.1) is 0 Å². The van der Waals surface area contributed by atoms with E-state index in [1.54, 1.807) is 30.3 Å². The summed E-state index contributed by atoms with van der Waals surface area (Å²) in [5, 5.41) is 13.9. The maximum atomic E-state index is 13.1. The van der Waals surface area contributed by atoms with Gasteiger partial charge in [0.15, 0.2) is 0 Å². The van der Waals surface area contributed by atoms with Gasteiger partial charge in [0, 0.05) is 31.1 Å². The van der Waals surface area contributed by atoms with Crippen LogP contribution in [0.15, 0.2) is 66.9 Å². The third-order valence-corrected chi connectivity index (χ3v) is 4.57. The molecular formula is C24H20F3N3O4. The average molecular weight is 471 g/mol. The van der Waals surface area contributed by atoms with Gasteiger partial charge < -0.3 is 20.5 Å². The lowest BCUT2D eigenvalue weighted by Gasteiger charge is -2.13. The number of benzene rings is 2. The van der Waals surface area contributed by atoms with Crippen LogP contribution in [0.25, 0.3) is 6.08 Å². The molecule has 3 aromatic rings. The third kappa shape index (κ3) is 6.42. The summed E-state index contributed by atoms with van der Waals surface area (Å²) in [6, 6.07) is 12.9. The number of aliphatic hydroxyl groups excluding tert-OH is 1. The zero-order valence-corrected chi connectivity index (χ0v) is 17.9. The summed E-state index contributed by atoms with van der Waals surface area (Å²) < 4.78 is 45.1. The molecule has 0 aliphatic heterocycles. The van der Waals surface area contributed by atoms with Gasteiger partial charge in [0.25, 0.3) is 5.91 Å². The molecule has 0 fully saturated rings. The average Bonchev–Trinajstić information content (AvgIpc) is 2.82. The van der Waals surface area contributed by atoms with Crippen molar-refractivity contribution in [1.82, 2.24) is 10.3 Å². The Morgan fingerprint density at radius 3 is 2.56 bits per heavy atom. The van der Waals surface area contributed by atoms with E-state index in [-0.39, 0.29) is 22.9 Å². The number of aromatic nitrogens is 1. The first-order valence-corrected chi connectivity index (χ1v) is 9.95. The summed E-state index contributed by atoms with van der Waals surface area (Å²) >= 11 is 0. The van der Waals surface area contributed by atoms with Crippen molar-refractivity contribution in [1.29, 1.82) is 0 Å². The topological polar surface area (TPSA) is 101 Å². The molecular weight excluding hydrogens is 451 g/mol. The number of hydrogen-bond acceptors (Lipinski definition) is 5. The van der Waals surface area contributed by atoms with E-state index in [2.05, 4.69) is 15.6 Å². The fourth-order valence-corrected chi connectivity index (χ4v) is 2.96. The number of alkyl halides is 3. The second kappa shape index (κ2) is 10.6. The van der Waals surface area contributed by atoms with E-state index in [4.69, 9.17) is 9.84 Å². The maximum absolute atomic E-state index is 13.1. The lowest BCUT2D eigenvalue weighted by molar-refractivity contribution is -0.138. The monoisotopic (exact) mass is 471 g/mol. The SMILES string of the molecule is CNC(=O)c1cc(Oc2cccc(/C=C/C(=O)Nc3ccc(CO)c(C(F)(F)F)c3)c2)ccn1. The fourth-order valence-electron chi connectivity index (χ4n) is 2.96. The lowest BCUT2D eigenvalue weighted by Crippen LogP contribution is -2.18. The Hall–Kier alpha value is -4.18. The van der Waals surface area contributed by atoms with Gasteiger partial charge in [-0.2, -0.15) is 13.2 Å². The van der Waals surface area contributed by atoms with Crippen molar-refractivity contribution in [3.05, 3.63) is 89.3 Å². The number of ether oxygens (including phenoxy) is 1. The van der Waals surface area contributed by atoms with Crippen LogP contribution >= 0.6 is 0 Å². The number of halogens is 3.